The number of aryl methyl sites for hydroxylation is 2. The number of rotatable bonds is 10. The van der Waals surface area contributed by atoms with E-state index >= 15 is 0 Å². The van der Waals surface area contributed by atoms with Crippen LogP contribution in [0.15, 0.2) is 218 Å². The van der Waals surface area contributed by atoms with Crippen LogP contribution < -0.4 is 9.80 Å². The zero-order valence-electron chi connectivity index (χ0n) is 35.0. The molecule has 10 aromatic carbocycles. The van der Waals surface area contributed by atoms with E-state index < -0.39 is 0 Å². The molecule has 0 atom stereocenters. The van der Waals surface area contributed by atoms with E-state index in [4.69, 9.17) is 0 Å². The van der Waals surface area contributed by atoms with Gasteiger partial charge in [-0.15, -0.1) is 0 Å². The van der Waals surface area contributed by atoms with Crippen molar-refractivity contribution in [3.8, 4) is 0 Å². The van der Waals surface area contributed by atoms with Gasteiger partial charge in [-0.1, -0.05) is 181 Å². The second kappa shape index (κ2) is 17.0. The van der Waals surface area contributed by atoms with Crippen molar-refractivity contribution in [2.45, 2.75) is 13.8 Å². The van der Waals surface area contributed by atoms with Crippen molar-refractivity contribution in [1.82, 2.24) is 0 Å². The van der Waals surface area contributed by atoms with Gasteiger partial charge in [0.05, 0.1) is 11.4 Å². The molecule has 2 heteroatoms. The van der Waals surface area contributed by atoms with Crippen molar-refractivity contribution in [3.63, 3.8) is 0 Å². The average molecular weight is 795 g/mol. The summed E-state index contributed by atoms with van der Waals surface area (Å²) >= 11 is 0. The van der Waals surface area contributed by atoms with Crippen LogP contribution in [0.1, 0.15) is 33.4 Å². The lowest BCUT2D eigenvalue weighted by Crippen LogP contribution is -2.10. The predicted octanol–water partition coefficient (Wildman–Crippen LogP) is 17.0. The third kappa shape index (κ3) is 8.02. The molecule has 2 nitrogen and oxygen atoms in total. The molecule has 10 rings (SSSR count). The van der Waals surface area contributed by atoms with Gasteiger partial charge in [0.25, 0.3) is 0 Å². The molecule has 0 aromatic heterocycles. The highest BCUT2D eigenvalue weighted by Crippen LogP contribution is 2.40. The monoisotopic (exact) mass is 794 g/mol. The van der Waals surface area contributed by atoms with Gasteiger partial charge in [0.2, 0.25) is 0 Å². The third-order valence-corrected chi connectivity index (χ3v) is 11.7. The van der Waals surface area contributed by atoms with Crippen LogP contribution in [0.2, 0.25) is 0 Å². The molecule has 0 aliphatic heterocycles. The highest BCUT2D eigenvalue weighted by atomic mass is 15.1. The molecule has 0 N–H and O–H groups in total. The summed E-state index contributed by atoms with van der Waals surface area (Å²) in [6.07, 6.45) is 8.80. The molecular weight excluding hydrogens is 749 g/mol. The molecule has 10 aromatic rings. The first kappa shape index (κ1) is 38.3. The second-order valence-corrected chi connectivity index (χ2v) is 16.1. The average Bonchev–Trinajstić information content (AvgIpc) is 3.32. The Morgan fingerprint density at radius 1 is 0.274 bits per heavy atom. The van der Waals surface area contributed by atoms with E-state index in [0.717, 1.165) is 45.3 Å². The van der Waals surface area contributed by atoms with Gasteiger partial charge in [-0.3, -0.25) is 0 Å². The van der Waals surface area contributed by atoms with Crippen molar-refractivity contribution in [1.29, 1.82) is 0 Å². The number of nitrogens with zero attached hydrogens (tertiary/aromatic N) is 2. The zero-order chi connectivity index (χ0) is 41.8. The number of fused-ring (bicyclic) bond motifs is 3. The first-order valence-corrected chi connectivity index (χ1v) is 21.3. The topological polar surface area (TPSA) is 6.48 Å². The second-order valence-electron chi connectivity index (χ2n) is 16.1. The number of benzene rings is 10. The van der Waals surface area contributed by atoms with E-state index in [2.05, 4.69) is 266 Å². The van der Waals surface area contributed by atoms with Crippen LogP contribution in [0, 0.1) is 13.8 Å². The quantitative estimate of drug-likeness (QED) is 0.127. The van der Waals surface area contributed by atoms with Crippen molar-refractivity contribution >= 4 is 90.7 Å². The van der Waals surface area contributed by atoms with E-state index in [9.17, 15) is 0 Å². The summed E-state index contributed by atoms with van der Waals surface area (Å²) < 4.78 is 0. The van der Waals surface area contributed by atoms with Gasteiger partial charge in [-0.05, 0) is 130 Å². The first-order chi connectivity index (χ1) is 30.5. The van der Waals surface area contributed by atoms with Gasteiger partial charge >= 0.3 is 0 Å². The van der Waals surface area contributed by atoms with Crippen molar-refractivity contribution in [2.75, 3.05) is 9.80 Å². The Bertz CT molecular complexity index is 3000. The number of anilines is 6. The summed E-state index contributed by atoms with van der Waals surface area (Å²) in [4.78, 5) is 4.71. The third-order valence-electron chi connectivity index (χ3n) is 11.7. The highest BCUT2D eigenvalue weighted by Gasteiger charge is 2.16. The lowest BCUT2D eigenvalue weighted by molar-refractivity contribution is 1.29. The molecule has 0 fully saturated rings. The minimum absolute atomic E-state index is 1.12. The van der Waals surface area contributed by atoms with E-state index in [1.807, 2.05) is 0 Å². The summed E-state index contributed by atoms with van der Waals surface area (Å²) in [5.41, 5.74) is 14.0. The van der Waals surface area contributed by atoms with E-state index in [-0.39, 0.29) is 0 Å². The molecule has 0 unspecified atom stereocenters. The summed E-state index contributed by atoms with van der Waals surface area (Å²) in [5.74, 6) is 0. The molecule has 0 amide bonds. The molecule has 62 heavy (non-hydrogen) atoms. The lowest BCUT2D eigenvalue weighted by atomic mass is 10.0. The van der Waals surface area contributed by atoms with E-state index in [1.54, 1.807) is 0 Å². The Balaban J connectivity index is 0.855. The maximum Gasteiger partial charge on any atom is 0.0540 e. The fourth-order valence-corrected chi connectivity index (χ4v) is 8.39. The molecule has 0 saturated heterocycles. The summed E-state index contributed by atoms with van der Waals surface area (Å²) in [6, 6.07) is 78.9. The molecule has 0 spiro atoms. The largest absolute Gasteiger partial charge is 0.310 e. The zero-order valence-corrected chi connectivity index (χ0v) is 35.0. The van der Waals surface area contributed by atoms with Gasteiger partial charge in [0.1, 0.15) is 0 Å². The molecule has 296 valence electrons. The van der Waals surface area contributed by atoms with Gasteiger partial charge in [-0.2, -0.15) is 0 Å². The Labute approximate surface area is 364 Å². The summed E-state index contributed by atoms with van der Waals surface area (Å²) in [5, 5.41) is 7.35. The van der Waals surface area contributed by atoms with E-state index in [1.165, 1.54) is 54.6 Å². The Hall–Kier alpha value is -7.94. The summed E-state index contributed by atoms with van der Waals surface area (Å²) in [6.45, 7) is 4.26. The fourth-order valence-electron chi connectivity index (χ4n) is 8.39. The van der Waals surface area contributed by atoms with Crippen LogP contribution in [0.25, 0.3) is 56.6 Å². The van der Waals surface area contributed by atoms with Crippen molar-refractivity contribution in [2.24, 2.45) is 0 Å². The Kier molecular flexibility index (Phi) is 10.5. The summed E-state index contributed by atoms with van der Waals surface area (Å²) in [7, 11) is 0. The smallest absolute Gasteiger partial charge is 0.0540 e. The van der Waals surface area contributed by atoms with Gasteiger partial charge < -0.3 is 9.80 Å². The molecule has 0 aliphatic carbocycles. The van der Waals surface area contributed by atoms with Gasteiger partial charge in [0, 0.05) is 33.5 Å². The maximum atomic E-state index is 2.35. The minimum Gasteiger partial charge on any atom is -0.310 e. The van der Waals surface area contributed by atoms with Crippen LogP contribution in [-0.4, -0.2) is 0 Å². The van der Waals surface area contributed by atoms with Gasteiger partial charge in [-0.25, -0.2) is 0 Å². The van der Waals surface area contributed by atoms with E-state index in [0.29, 0.717) is 0 Å². The first-order valence-electron chi connectivity index (χ1n) is 21.3. The fraction of sp³-hybridized carbons (Fsp3) is 0.0333. The molecule has 0 aliphatic rings. The predicted molar refractivity (Wildman–Crippen MR) is 269 cm³/mol. The normalized spacial score (nSPS) is 11.6. The highest BCUT2D eigenvalue weighted by molar-refractivity contribution is 6.00. The van der Waals surface area contributed by atoms with Crippen LogP contribution in [0.3, 0.4) is 0 Å². The van der Waals surface area contributed by atoms with Crippen LogP contribution in [0.4, 0.5) is 34.1 Å². The Morgan fingerprint density at radius 3 is 1.00 bits per heavy atom. The molecule has 0 bridgehead atoms. The number of hydrogen-bond donors (Lipinski definition) is 0. The van der Waals surface area contributed by atoms with Crippen molar-refractivity contribution < 1.29 is 0 Å². The van der Waals surface area contributed by atoms with Crippen LogP contribution in [-0.2, 0) is 0 Å². The van der Waals surface area contributed by atoms with Crippen LogP contribution >= 0.6 is 0 Å². The Morgan fingerprint density at radius 2 is 0.597 bits per heavy atom. The SMILES string of the molecule is Cc1ccc(N(c2ccc(/C=C/c3ccc4cc(/C=C/c5ccc(N(c6ccc(C)cc6)c6cccc7ccccc67)cc5)ccc4c3)cc2)c2cccc3ccccc23)cc1. The standard InChI is InChI=1S/C60H46N2/c1-43-17-33-53(34-18-43)61(59-15-7-11-49-9-3-5-13-57(49)59)55-37-27-45(28-38-55)21-23-47-25-31-52-42-48(26-32-51(52)41-47)24-22-46-29-39-56(40-30-46)62(54-35-19-44(2)20-36-54)60-16-8-12-50-10-4-6-14-58(50)60/h3-42H,1-2H3/b23-21+,24-22+. The minimum atomic E-state index is 1.12. The van der Waals surface area contributed by atoms with Crippen molar-refractivity contribution in [3.05, 3.63) is 252 Å². The molecule has 0 radical (unpaired) electrons. The molecular formula is C60H46N2. The molecule has 0 heterocycles. The van der Waals surface area contributed by atoms with Crippen LogP contribution in [0.5, 0.6) is 0 Å². The lowest BCUT2D eigenvalue weighted by Gasteiger charge is -2.27. The number of hydrogen-bond acceptors (Lipinski definition) is 2. The van der Waals surface area contributed by atoms with Gasteiger partial charge in [0.15, 0.2) is 0 Å². The molecule has 0 saturated carbocycles. The maximum absolute atomic E-state index is 2.35.